The first-order valence-corrected chi connectivity index (χ1v) is 11.4. The molecule has 10 heteroatoms. The predicted molar refractivity (Wildman–Crippen MR) is 125 cm³/mol. The number of likely N-dealkylation sites (tertiary alicyclic amines) is 1. The molecule has 1 aliphatic carbocycles. The second-order valence-corrected chi connectivity index (χ2v) is 9.46. The Kier molecular flexibility index (Phi) is 4.56. The zero-order valence-electron chi connectivity index (χ0n) is 19.0. The van der Waals surface area contributed by atoms with Crippen molar-refractivity contribution in [2.45, 2.75) is 50.4 Å². The minimum atomic E-state index is -0.317. The summed E-state index contributed by atoms with van der Waals surface area (Å²) in [6.07, 6.45) is 5.44. The fourth-order valence-electron chi connectivity index (χ4n) is 5.54. The minimum Gasteiger partial charge on any atom is -0.480 e. The molecule has 0 spiro atoms. The number of ether oxygens (including phenoxy) is 1. The number of aromatic amines is 1. The predicted octanol–water partition coefficient (Wildman–Crippen LogP) is 2.66. The lowest BCUT2D eigenvalue weighted by Gasteiger charge is -2.52. The molecule has 3 aromatic heterocycles. The summed E-state index contributed by atoms with van der Waals surface area (Å²) in [7, 11) is 3.51. The van der Waals surface area contributed by atoms with Crippen LogP contribution in [0.2, 0.25) is 0 Å². The Balaban J connectivity index is 1.27. The van der Waals surface area contributed by atoms with Gasteiger partial charge in [-0.3, -0.25) is 4.90 Å². The maximum absolute atomic E-state index is 10.3. The molecule has 1 aliphatic heterocycles. The lowest BCUT2D eigenvalue weighted by molar-refractivity contribution is -0.0701. The maximum Gasteiger partial charge on any atom is 0.228 e. The second-order valence-electron chi connectivity index (χ2n) is 9.46. The van der Waals surface area contributed by atoms with E-state index in [1.54, 1.807) is 11.8 Å². The fraction of sp³-hybridized carbons (Fsp3) is 0.478. The molecule has 1 atom stereocenters. The highest BCUT2D eigenvalue weighted by Crippen LogP contribution is 2.42. The highest BCUT2D eigenvalue weighted by molar-refractivity contribution is 5.99. The highest BCUT2D eigenvalue weighted by atomic mass is 16.5. The van der Waals surface area contributed by atoms with Gasteiger partial charge in [-0.05, 0) is 50.3 Å². The van der Waals surface area contributed by atoms with E-state index in [0.717, 1.165) is 65.4 Å². The molecule has 0 amide bonds. The van der Waals surface area contributed by atoms with Gasteiger partial charge >= 0.3 is 0 Å². The lowest BCUT2D eigenvalue weighted by Crippen LogP contribution is -2.60. The van der Waals surface area contributed by atoms with E-state index in [0.29, 0.717) is 11.8 Å². The molecule has 6 rings (SSSR count). The number of aryl methyl sites for hydroxylation is 1. The van der Waals surface area contributed by atoms with Gasteiger partial charge in [0.2, 0.25) is 11.8 Å². The van der Waals surface area contributed by atoms with E-state index in [-0.39, 0.29) is 17.8 Å². The van der Waals surface area contributed by atoms with Gasteiger partial charge in [0, 0.05) is 36.9 Å². The van der Waals surface area contributed by atoms with Gasteiger partial charge in [0.25, 0.3) is 0 Å². The number of hydrogen-bond donors (Lipinski definition) is 3. The Bertz CT molecular complexity index is 1340. The number of hydrogen-bond acceptors (Lipinski definition) is 8. The van der Waals surface area contributed by atoms with Crippen molar-refractivity contribution >= 4 is 28.0 Å². The molecule has 10 nitrogen and oxygen atoms in total. The molecular weight excluding hydrogens is 420 g/mol. The first-order valence-electron chi connectivity index (χ1n) is 11.4. The zero-order valence-corrected chi connectivity index (χ0v) is 19.0. The first-order chi connectivity index (χ1) is 15.9. The number of rotatable bonds is 5. The van der Waals surface area contributed by atoms with E-state index < -0.39 is 0 Å². The van der Waals surface area contributed by atoms with Crippen molar-refractivity contribution in [3.63, 3.8) is 0 Å². The van der Waals surface area contributed by atoms with E-state index >= 15 is 0 Å². The van der Waals surface area contributed by atoms with Crippen LogP contribution in [0.5, 0.6) is 5.88 Å². The van der Waals surface area contributed by atoms with Gasteiger partial charge in [-0.1, -0.05) is 11.3 Å². The summed E-state index contributed by atoms with van der Waals surface area (Å²) in [5, 5.41) is 22.8. The van der Waals surface area contributed by atoms with E-state index in [1.807, 2.05) is 25.4 Å². The van der Waals surface area contributed by atoms with Crippen molar-refractivity contribution in [3.05, 3.63) is 24.4 Å². The molecule has 2 aliphatic rings. The van der Waals surface area contributed by atoms with Crippen LogP contribution in [-0.4, -0.2) is 71.4 Å². The van der Waals surface area contributed by atoms with Gasteiger partial charge in [-0.2, -0.15) is 9.97 Å². The number of aromatic nitrogens is 6. The van der Waals surface area contributed by atoms with E-state index in [1.165, 1.54) is 0 Å². The molecular formula is C23H28N8O2. The van der Waals surface area contributed by atoms with Crippen LogP contribution >= 0.6 is 0 Å². The number of anilines is 1. The van der Waals surface area contributed by atoms with Gasteiger partial charge in [-0.15, -0.1) is 5.10 Å². The normalized spacial score (nSPS) is 25.6. The van der Waals surface area contributed by atoms with Crippen molar-refractivity contribution in [3.8, 4) is 17.0 Å². The minimum absolute atomic E-state index is 0.0284. The highest BCUT2D eigenvalue weighted by Gasteiger charge is 2.48. The summed E-state index contributed by atoms with van der Waals surface area (Å²) in [6, 6.07) is 6.31. The Morgan fingerprint density at radius 1 is 1.27 bits per heavy atom. The van der Waals surface area contributed by atoms with Gasteiger partial charge < -0.3 is 20.1 Å². The Morgan fingerprint density at radius 3 is 2.88 bits per heavy atom. The third-order valence-electron chi connectivity index (χ3n) is 7.23. The zero-order chi connectivity index (χ0) is 22.7. The van der Waals surface area contributed by atoms with Crippen LogP contribution in [0.3, 0.4) is 0 Å². The molecule has 1 unspecified atom stereocenters. The number of aliphatic hydroxyl groups excluding tert-OH is 1. The molecule has 1 aromatic carbocycles. The van der Waals surface area contributed by atoms with E-state index in [2.05, 4.69) is 43.5 Å². The summed E-state index contributed by atoms with van der Waals surface area (Å²) in [4.78, 5) is 14.9. The Labute approximate surface area is 191 Å². The van der Waals surface area contributed by atoms with Crippen molar-refractivity contribution in [2.24, 2.45) is 7.05 Å². The van der Waals surface area contributed by atoms with Crippen molar-refractivity contribution in [2.75, 3.05) is 19.0 Å². The standard InChI is InChI=1S/C23H28N8O2/c1-23(31-8-4-5-18(31)32)10-14(11-23)25-22-26-20-19(21(27-22)33-3)15(12-24-20)13-6-7-16-17(9-13)30(2)29-28-16/h6-7,9,12,14,18,32H,4-5,8,10-11H2,1-3H3,(H2,24,25,26,27)/t14-,18?,23+. The molecule has 1 saturated carbocycles. The SMILES string of the molecule is COc1nc(N[C@H]2C[C@@](C)(N3CCCC3O)C2)nc2[nH]cc(-c3ccc4nnn(C)c4c3)c12. The topological polar surface area (TPSA) is 117 Å². The molecule has 172 valence electrons. The summed E-state index contributed by atoms with van der Waals surface area (Å²) in [5.41, 5.74) is 4.54. The van der Waals surface area contributed by atoms with E-state index in [9.17, 15) is 5.11 Å². The van der Waals surface area contributed by atoms with Crippen LogP contribution in [-0.2, 0) is 7.05 Å². The quantitative estimate of drug-likeness (QED) is 0.427. The lowest BCUT2D eigenvalue weighted by atomic mass is 9.73. The van der Waals surface area contributed by atoms with Crippen LogP contribution in [0.15, 0.2) is 24.4 Å². The van der Waals surface area contributed by atoms with Crippen LogP contribution in [0.1, 0.15) is 32.6 Å². The fourth-order valence-corrected chi connectivity index (χ4v) is 5.54. The molecule has 0 radical (unpaired) electrons. The van der Waals surface area contributed by atoms with Crippen molar-refractivity contribution in [1.82, 2.24) is 34.8 Å². The molecule has 4 aromatic rings. The number of nitrogens with one attached hydrogen (secondary N) is 2. The molecule has 0 bridgehead atoms. The third kappa shape index (κ3) is 3.24. The summed E-state index contributed by atoms with van der Waals surface area (Å²) in [6.45, 7) is 3.20. The average molecular weight is 449 g/mol. The molecule has 2 fully saturated rings. The van der Waals surface area contributed by atoms with Crippen LogP contribution in [0, 0.1) is 0 Å². The number of benzene rings is 1. The van der Waals surface area contributed by atoms with E-state index in [4.69, 9.17) is 9.72 Å². The third-order valence-corrected chi connectivity index (χ3v) is 7.23. The summed E-state index contributed by atoms with van der Waals surface area (Å²) < 4.78 is 7.43. The largest absolute Gasteiger partial charge is 0.480 e. The molecule has 1 saturated heterocycles. The monoisotopic (exact) mass is 448 g/mol. The van der Waals surface area contributed by atoms with Crippen LogP contribution in [0.25, 0.3) is 33.2 Å². The Morgan fingerprint density at radius 2 is 2.12 bits per heavy atom. The number of nitrogens with zero attached hydrogens (tertiary/aromatic N) is 6. The number of aliphatic hydroxyl groups is 1. The Hall–Kier alpha value is -3.24. The van der Waals surface area contributed by atoms with Gasteiger partial charge in [0.05, 0.1) is 18.0 Å². The van der Waals surface area contributed by atoms with Gasteiger partial charge in [0.1, 0.15) is 17.4 Å². The van der Waals surface area contributed by atoms with Gasteiger partial charge in [0.15, 0.2) is 0 Å². The second kappa shape index (κ2) is 7.39. The first kappa shape index (κ1) is 20.4. The number of fused-ring (bicyclic) bond motifs is 2. The number of H-pyrrole nitrogens is 1. The summed E-state index contributed by atoms with van der Waals surface area (Å²) >= 11 is 0. The van der Waals surface area contributed by atoms with Crippen LogP contribution < -0.4 is 10.1 Å². The summed E-state index contributed by atoms with van der Waals surface area (Å²) in [5.74, 6) is 1.08. The number of methoxy groups -OCH3 is 1. The van der Waals surface area contributed by atoms with Crippen molar-refractivity contribution in [1.29, 1.82) is 0 Å². The maximum atomic E-state index is 10.3. The molecule has 33 heavy (non-hydrogen) atoms. The molecule has 3 N–H and O–H groups in total. The van der Waals surface area contributed by atoms with Crippen molar-refractivity contribution < 1.29 is 9.84 Å². The molecule has 4 heterocycles. The van der Waals surface area contributed by atoms with Crippen LogP contribution in [0.4, 0.5) is 5.95 Å². The van der Waals surface area contributed by atoms with Gasteiger partial charge in [-0.25, -0.2) is 4.68 Å². The average Bonchev–Trinajstić information content (AvgIpc) is 3.50. The smallest absolute Gasteiger partial charge is 0.228 e.